The molecule has 5 aliphatic heterocycles. The Balaban J connectivity index is 0.848. The number of hydrogen-bond donors (Lipinski definition) is 9. The van der Waals surface area contributed by atoms with Crippen LogP contribution in [0.1, 0.15) is 92.4 Å². The lowest BCUT2D eigenvalue weighted by Gasteiger charge is -2.58. The molecule has 17 nitrogen and oxygen atoms in total. The van der Waals surface area contributed by atoms with Crippen molar-refractivity contribution >= 4 is 0 Å². The van der Waals surface area contributed by atoms with Gasteiger partial charge in [0.15, 0.2) is 24.7 Å². The summed E-state index contributed by atoms with van der Waals surface area (Å²) in [4.78, 5) is 0. The number of aliphatic hydroxyl groups is 9. The maximum atomic E-state index is 11.5. The fourth-order valence-corrected chi connectivity index (χ4v) is 14.0. The summed E-state index contributed by atoms with van der Waals surface area (Å²) in [6.07, 6.45) is -12.0. The summed E-state index contributed by atoms with van der Waals surface area (Å²) in [6.45, 7) is 10.4. The highest BCUT2D eigenvalue weighted by molar-refractivity contribution is 5.26. The summed E-state index contributed by atoms with van der Waals surface area (Å²) < 4.78 is 49.2. The van der Waals surface area contributed by atoms with Crippen LogP contribution in [0.2, 0.25) is 0 Å². The van der Waals surface area contributed by atoms with Crippen molar-refractivity contribution < 1.29 is 83.9 Å². The van der Waals surface area contributed by atoms with Crippen molar-refractivity contribution in [1.82, 2.24) is 0 Å². The average Bonchev–Trinajstić information content (AvgIpc) is 3.70. The molecule has 1 spiro atoms. The van der Waals surface area contributed by atoms with E-state index in [-0.39, 0.29) is 23.0 Å². The Morgan fingerprint density at radius 1 is 0.677 bits per heavy atom. The Morgan fingerprint density at radius 3 is 2.06 bits per heavy atom. The van der Waals surface area contributed by atoms with Crippen molar-refractivity contribution in [3.63, 3.8) is 0 Å². The van der Waals surface area contributed by atoms with Gasteiger partial charge in [-0.3, -0.25) is 0 Å². The predicted octanol–water partition coefficient (Wildman–Crippen LogP) is 0.214. The SMILES string of the molecule is CC1CCC2(OC1)OC1CC3C4CC=C5CC(OC6OC(CO)C(OC7OC(CO)C(O)C(O)C7OC7OC(C)C(O)C(O)C7O)C(O)C6O)CCC5(C)C4CCC3(C)C1C2C. The first-order valence-electron chi connectivity index (χ1n) is 23.4. The second kappa shape index (κ2) is 17.3. The molecule has 0 bridgehead atoms. The van der Waals surface area contributed by atoms with E-state index in [4.69, 9.17) is 37.9 Å². The molecule has 8 fully saturated rings. The van der Waals surface area contributed by atoms with Crippen LogP contribution >= 0.6 is 0 Å². The van der Waals surface area contributed by atoms with Gasteiger partial charge in [-0.25, -0.2) is 0 Å². The van der Waals surface area contributed by atoms with Crippen LogP contribution in [-0.4, -0.2) is 176 Å². The van der Waals surface area contributed by atoms with Gasteiger partial charge >= 0.3 is 0 Å². The minimum absolute atomic E-state index is 0.00800. The van der Waals surface area contributed by atoms with Crippen LogP contribution in [0.4, 0.5) is 0 Å². The van der Waals surface area contributed by atoms with E-state index in [0.29, 0.717) is 48.3 Å². The molecule has 5 heterocycles. The molecule has 4 aliphatic carbocycles. The first kappa shape index (κ1) is 46.2. The number of ether oxygens (including phenoxy) is 8. The van der Waals surface area contributed by atoms with Gasteiger partial charge in [0.05, 0.1) is 38.1 Å². The van der Waals surface area contributed by atoms with E-state index in [9.17, 15) is 46.0 Å². The number of fused-ring (bicyclic) bond motifs is 7. The Morgan fingerprint density at radius 2 is 1.35 bits per heavy atom. The third-order valence-corrected chi connectivity index (χ3v) is 17.7. The van der Waals surface area contributed by atoms with Crippen molar-refractivity contribution in [2.24, 2.45) is 46.3 Å². The first-order valence-corrected chi connectivity index (χ1v) is 23.4. The molecule has 0 aromatic rings. The Bertz CT molecular complexity index is 1610. The fourth-order valence-electron chi connectivity index (χ4n) is 14.0. The second-order valence-electron chi connectivity index (χ2n) is 21.1. The summed E-state index contributed by atoms with van der Waals surface area (Å²) in [7, 11) is 0. The summed E-state index contributed by atoms with van der Waals surface area (Å²) in [5.41, 5.74) is 1.58. The summed E-state index contributed by atoms with van der Waals surface area (Å²) >= 11 is 0. The minimum atomic E-state index is -1.81. The van der Waals surface area contributed by atoms with Gasteiger partial charge in [-0.2, -0.15) is 0 Å². The monoisotopic (exact) mass is 884 g/mol. The lowest BCUT2D eigenvalue weighted by Crippen LogP contribution is -2.66. The van der Waals surface area contributed by atoms with E-state index in [1.165, 1.54) is 18.9 Å². The molecule has 0 aromatic heterocycles. The Hall–Kier alpha value is -0.940. The second-order valence-corrected chi connectivity index (χ2v) is 21.1. The molecule has 26 unspecified atom stereocenters. The molecule has 62 heavy (non-hydrogen) atoms. The van der Waals surface area contributed by atoms with Crippen molar-refractivity contribution in [3.8, 4) is 0 Å². The molecular weight excluding hydrogens is 812 g/mol. The highest BCUT2D eigenvalue weighted by Crippen LogP contribution is 2.70. The zero-order valence-electron chi connectivity index (χ0n) is 36.6. The van der Waals surface area contributed by atoms with Crippen molar-refractivity contribution in [2.75, 3.05) is 19.8 Å². The molecule has 26 atom stereocenters. The third kappa shape index (κ3) is 7.49. The predicted molar refractivity (Wildman–Crippen MR) is 214 cm³/mol. The van der Waals surface area contributed by atoms with Gasteiger partial charge in [0.25, 0.3) is 0 Å². The largest absolute Gasteiger partial charge is 0.394 e. The Labute approximate surface area is 363 Å². The van der Waals surface area contributed by atoms with Gasteiger partial charge in [0.1, 0.15) is 67.1 Å². The molecule has 0 aromatic carbocycles. The van der Waals surface area contributed by atoms with Crippen molar-refractivity contribution in [3.05, 3.63) is 11.6 Å². The van der Waals surface area contributed by atoms with Gasteiger partial charge in [-0.1, -0.05) is 39.3 Å². The topological polar surface area (TPSA) is 256 Å². The number of hydrogen-bond acceptors (Lipinski definition) is 17. The van der Waals surface area contributed by atoms with E-state index < -0.39 is 111 Å². The molecular formula is C45H72O17. The summed E-state index contributed by atoms with van der Waals surface area (Å²) in [5.74, 6) is 2.71. The maximum absolute atomic E-state index is 11.5. The normalized spacial score (nSPS) is 57.6. The van der Waals surface area contributed by atoms with Gasteiger partial charge in [-0.15, -0.1) is 0 Å². The minimum Gasteiger partial charge on any atom is -0.394 e. The van der Waals surface area contributed by atoms with Gasteiger partial charge < -0.3 is 83.9 Å². The van der Waals surface area contributed by atoms with Crippen LogP contribution in [0, 0.1) is 46.3 Å². The van der Waals surface area contributed by atoms with E-state index in [1.54, 1.807) is 0 Å². The standard InChI is InChI=1S/C45H72O17/c1-19-8-13-45(55-18-19)20(2)30-27(62-45)15-26-24-7-6-22-14-23(9-11-43(22,4)25(24)10-12-44(26,30)5)57-41-37(54)35(52)38(29(17-47)59-41)60-42-39(34(51)32(49)28(16-46)58-42)61-40-36(53)33(50)31(48)21(3)56-40/h6,19-21,23-42,46-54H,7-18H2,1-5H3. The molecule has 3 saturated carbocycles. The van der Waals surface area contributed by atoms with E-state index >= 15 is 0 Å². The summed E-state index contributed by atoms with van der Waals surface area (Å²) in [5, 5.41) is 96.2. The molecule has 0 radical (unpaired) electrons. The fraction of sp³-hybridized carbons (Fsp3) is 0.956. The molecule has 9 aliphatic rings. The molecule has 9 rings (SSSR count). The summed E-state index contributed by atoms with van der Waals surface area (Å²) in [6, 6.07) is 0. The lowest BCUT2D eigenvalue weighted by atomic mass is 9.47. The third-order valence-electron chi connectivity index (χ3n) is 17.7. The number of allylic oxidation sites excluding steroid dienone is 1. The zero-order chi connectivity index (χ0) is 44.2. The highest BCUT2D eigenvalue weighted by atomic mass is 16.8. The van der Waals surface area contributed by atoms with E-state index in [1.807, 2.05) is 0 Å². The zero-order valence-corrected chi connectivity index (χ0v) is 36.6. The highest BCUT2D eigenvalue weighted by Gasteiger charge is 2.69. The van der Waals surface area contributed by atoms with E-state index in [2.05, 4.69) is 33.8 Å². The number of rotatable bonds is 8. The molecule has 9 N–H and O–H groups in total. The van der Waals surface area contributed by atoms with E-state index in [0.717, 1.165) is 45.1 Å². The van der Waals surface area contributed by atoms with Crippen molar-refractivity contribution in [1.29, 1.82) is 0 Å². The first-order chi connectivity index (χ1) is 29.4. The van der Waals surface area contributed by atoms with Gasteiger partial charge in [0, 0.05) is 12.3 Å². The molecule has 5 saturated heterocycles. The van der Waals surface area contributed by atoms with Crippen LogP contribution in [0.25, 0.3) is 0 Å². The molecule has 17 heteroatoms. The number of aliphatic hydroxyl groups excluding tert-OH is 9. The van der Waals surface area contributed by atoms with Crippen LogP contribution in [0.15, 0.2) is 11.6 Å². The molecule has 354 valence electrons. The van der Waals surface area contributed by atoms with Crippen LogP contribution in [0.5, 0.6) is 0 Å². The lowest BCUT2D eigenvalue weighted by molar-refractivity contribution is -0.388. The van der Waals surface area contributed by atoms with Gasteiger partial charge in [0.2, 0.25) is 0 Å². The quantitative estimate of drug-likeness (QED) is 0.148. The van der Waals surface area contributed by atoms with Gasteiger partial charge in [-0.05, 0) is 98.7 Å². The van der Waals surface area contributed by atoms with Crippen molar-refractivity contribution in [2.45, 2.75) is 203 Å². The van der Waals surface area contributed by atoms with Crippen LogP contribution in [-0.2, 0) is 37.9 Å². The average molecular weight is 885 g/mol. The Kier molecular flexibility index (Phi) is 12.9. The smallest absolute Gasteiger partial charge is 0.187 e. The van der Waals surface area contributed by atoms with Crippen LogP contribution in [0.3, 0.4) is 0 Å². The maximum Gasteiger partial charge on any atom is 0.187 e. The molecule has 0 amide bonds. The van der Waals surface area contributed by atoms with Crippen LogP contribution < -0.4 is 0 Å².